The Morgan fingerprint density at radius 1 is 0.943 bits per heavy atom. The molecule has 1 N–H and O–H groups in total. The van der Waals surface area contributed by atoms with Crippen molar-refractivity contribution in [2.75, 3.05) is 24.7 Å². The monoisotopic (exact) mass is 484 g/mol. The van der Waals surface area contributed by atoms with Crippen LogP contribution in [0.25, 0.3) is 17.1 Å². The average molecular weight is 485 g/mol. The molecule has 0 aliphatic heterocycles. The fraction of sp³-hybridized carbons (Fsp3) is 0.185. The predicted octanol–water partition coefficient (Wildman–Crippen LogP) is 4.86. The minimum absolute atomic E-state index is 0.162. The number of thioether (sulfide) groups is 1. The van der Waals surface area contributed by atoms with Gasteiger partial charge in [-0.05, 0) is 43.7 Å². The fourth-order valence-corrected chi connectivity index (χ4v) is 4.12. The van der Waals surface area contributed by atoms with Crippen LogP contribution in [0.3, 0.4) is 0 Å². The number of benzene rings is 3. The van der Waals surface area contributed by atoms with Crippen LogP contribution in [-0.4, -0.2) is 46.7 Å². The highest BCUT2D eigenvalue weighted by Crippen LogP contribution is 2.28. The van der Waals surface area contributed by atoms with Crippen molar-refractivity contribution in [3.63, 3.8) is 0 Å². The molecule has 0 radical (unpaired) electrons. The second-order valence-electron chi connectivity index (χ2n) is 8.41. The maximum atomic E-state index is 12.4. The van der Waals surface area contributed by atoms with Gasteiger partial charge in [0.15, 0.2) is 11.0 Å². The van der Waals surface area contributed by atoms with E-state index in [9.17, 15) is 4.79 Å². The van der Waals surface area contributed by atoms with Crippen LogP contribution in [0, 0.1) is 13.8 Å². The average Bonchev–Trinajstić information content (AvgIpc) is 3.28. The van der Waals surface area contributed by atoms with E-state index in [1.54, 1.807) is 6.21 Å². The molecule has 0 aliphatic carbocycles. The Morgan fingerprint density at radius 2 is 1.57 bits per heavy atom. The maximum Gasteiger partial charge on any atom is 0.250 e. The number of hydrazone groups is 1. The summed E-state index contributed by atoms with van der Waals surface area (Å²) in [5, 5.41) is 13.6. The molecule has 35 heavy (non-hydrogen) atoms. The smallest absolute Gasteiger partial charge is 0.250 e. The third kappa shape index (κ3) is 6.16. The number of aromatic nitrogens is 3. The van der Waals surface area contributed by atoms with Gasteiger partial charge in [-0.3, -0.25) is 9.36 Å². The third-order valence-corrected chi connectivity index (χ3v) is 6.31. The van der Waals surface area contributed by atoms with Crippen LogP contribution in [0.15, 0.2) is 83.1 Å². The van der Waals surface area contributed by atoms with E-state index in [0.29, 0.717) is 5.16 Å². The molecule has 8 heteroatoms. The summed E-state index contributed by atoms with van der Waals surface area (Å²) in [4.78, 5) is 14.5. The van der Waals surface area contributed by atoms with Crippen molar-refractivity contribution in [3.05, 3.63) is 89.5 Å². The molecule has 3 aromatic carbocycles. The number of nitrogens with one attached hydrogen (secondary N) is 1. The zero-order valence-corrected chi connectivity index (χ0v) is 21.1. The van der Waals surface area contributed by atoms with E-state index in [1.165, 1.54) is 22.9 Å². The molecular formula is C27H28N6OS. The minimum atomic E-state index is -0.216. The Kier molecular flexibility index (Phi) is 7.62. The van der Waals surface area contributed by atoms with E-state index in [0.717, 1.165) is 28.3 Å². The van der Waals surface area contributed by atoms with Gasteiger partial charge in [0.2, 0.25) is 0 Å². The first kappa shape index (κ1) is 24.2. The molecule has 178 valence electrons. The van der Waals surface area contributed by atoms with E-state index in [4.69, 9.17) is 0 Å². The van der Waals surface area contributed by atoms with Gasteiger partial charge in [-0.1, -0.05) is 71.4 Å². The Labute approximate surface area is 209 Å². The van der Waals surface area contributed by atoms with Crippen molar-refractivity contribution in [3.8, 4) is 17.1 Å². The zero-order chi connectivity index (χ0) is 24.8. The number of aryl methyl sites for hydroxylation is 2. The zero-order valence-electron chi connectivity index (χ0n) is 20.3. The topological polar surface area (TPSA) is 75.4 Å². The van der Waals surface area contributed by atoms with E-state index in [-0.39, 0.29) is 11.7 Å². The SMILES string of the molecule is Cc1ccc(-c2nnc(SCC(=O)N/N=C\c3ccc(N(C)C)cc3)n2-c2ccc(C)cc2)cc1. The number of rotatable bonds is 8. The molecule has 0 saturated heterocycles. The predicted molar refractivity (Wildman–Crippen MR) is 143 cm³/mol. The molecule has 0 aliphatic rings. The van der Waals surface area contributed by atoms with E-state index >= 15 is 0 Å². The molecule has 0 unspecified atom stereocenters. The lowest BCUT2D eigenvalue weighted by atomic mass is 10.1. The summed E-state index contributed by atoms with van der Waals surface area (Å²) in [6.45, 7) is 4.10. The maximum absolute atomic E-state index is 12.4. The van der Waals surface area contributed by atoms with E-state index < -0.39 is 0 Å². The number of hydrogen-bond donors (Lipinski definition) is 1. The van der Waals surface area contributed by atoms with E-state index in [2.05, 4.69) is 51.9 Å². The standard InChI is InChI=1S/C27H28N6OS/c1-19-5-11-22(12-6-19)26-30-31-27(33(26)24-13-7-20(2)8-14-24)35-18-25(34)29-28-17-21-9-15-23(16-10-21)32(3)4/h5-17H,18H2,1-4H3,(H,29,34)/b28-17-. The first-order valence-corrected chi connectivity index (χ1v) is 12.2. The molecule has 1 amide bonds. The van der Waals surface area contributed by atoms with Gasteiger partial charge in [-0.15, -0.1) is 10.2 Å². The van der Waals surface area contributed by atoms with Crippen LogP contribution < -0.4 is 10.3 Å². The summed E-state index contributed by atoms with van der Waals surface area (Å²) >= 11 is 1.32. The van der Waals surface area contributed by atoms with Crippen molar-refractivity contribution < 1.29 is 4.79 Å². The second-order valence-corrected chi connectivity index (χ2v) is 9.35. The molecule has 0 fully saturated rings. The number of nitrogens with zero attached hydrogens (tertiary/aromatic N) is 5. The molecule has 4 aromatic rings. The third-order valence-electron chi connectivity index (χ3n) is 5.38. The molecule has 0 atom stereocenters. The summed E-state index contributed by atoms with van der Waals surface area (Å²) in [5.74, 6) is 0.678. The van der Waals surface area contributed by atoms with Crippen molar-refractivity contribution >= 4 is 29.6 Å². The summed E-state index contributed by atoms with van der Waals surface area (Å²) in [5.41, 5.74) is 8.85. The number of anilines is 1. The molecule has 7 nitrogen and oxygen atoms in total. The molecule has 0 spiro atoms. The first-order chi connectivity index (χ1) is 16.9. The molecule has 1 heterocycles. The van der Waals surface area contributed by atoms with Gasteiger partial charge >= 0.3 is 0 Å². The highest BCUT2D eigenvalue weighted by molar-refractivity contribution is 7.99. The van der Waals surface area contributed by atoms with Crippen molar-refractivity contribution in [2.45, 2.75) is 19.0 Å². The van der Waals surface area contributed by atoms with Crippen LogP contribution in [0.5, 0.6) is 0 Å². The normalized spacial score (nSPS) is 11.1. The largest absolute Gasteiger partial charge is 0.378 e. The number of carbonyl (C=O) groups excluding carboxylic acids is 1. The minimum Gasteiger partial charge on any atom is -0.378 e. The highest BCUT2D eigenvalue weighted by Gasteiger charge is 2.17. The van der Waals surface area contributed by atoms with Gasteiger partial charge in [-0.25, -0.2) is 5.43 Å². The van der Waals surface area contributed by atoms with Gasteiger partial charge < -0.3 is 4.90 Å². The Morgan fingerprint density at radius 3 is 2.20 bits per heavy atom. The number of hydrogen-bond acceptors (Lipinski definition) is 6. The fourth-order valence-electron chi connectivity index (χ4n) is 3.38. The van der Waals surface area contributed by atoms with Crippen LogP contribution in [0.1, 0.15) is 16.7 Å². The highest BCUT2D eigenvalue weighted by atomic mass is 32.2. The molecule has 4 rings (SSSR count). The van der Waals surface area contributed by atoms with Gasteiger partial charge in [0.05, 0.1) is 12.0 Å². The van der Waals surface area contributed by atoms with Gasteiger partial charge in [-0.2, -0.15) is 5.10 Å². The summed E-state index contributed by atoms with van der Waals surface area (Å²) in [6, 6.07) is 24.3. The summed E-state index contributed by atoms with van der Waals surface area (Å²) in [7, 11) is 3.98. The second kappa shape index (κ2) is 11.0. The van der Waals surface area contributed by atoms with Crippen LogP contribution >= 0.6 is 11.8 Å². The van der Waals surface area contributed by atoms with Gasteiger partial charge in [0.25, 0.3) is 5.91 Å². The lowest BCUT2D eigenvalue weighted by Gasteiger charge is -2.11. The lowest BCUT2D eigenvalue weighted by molar-refractivity contribution is -0.118. The van der Waals surface area contributed by atoms with Crippen molar-refractivity contribution in [2.24, 2.45) is 5.10 Å². The van der Waals surface area contributed by atoms with Crippen LogP contribution in [0.2, 0.25) is 0 Å². The first-order valence-electron chi connectivity index (χ1n) is 11.2. The summed E-state index contributed by atoms with van der Waals surface area (Å²) in [6.07, 6.45) is 1.63. The van der Waals surface area contributed by atoms with Crippen LogP contribution in [0.4, 0.5) is 5.69 Å². The molecule has 0 saturated carbocycles. The van der Waals surface area contributed by atoms with Gasteiger partial charge in [0.1, 0.15) is 0 Å². The lowest BCUT2D eigenvalue weighted by Crippen LogP contribution is -2.20. The van der Waals surface area contributed by atoms with E-state index in [1.807, 2.05) is 79.0 Å². The summed E-state index contributed by atoms with van der Waals surface area (Å²) < 4.78 is 1.98. The Balaban J connectivity index is 1.47. The number of amides is 1. The Bertz CT molecular complexity index is 1310. The molecule has 1 aromatic heterocycles. The Hall–Kier alpha value is -3.91. The van der Waals surface area contributed by atoms with Gasteiger partial charge in [0, 0.05) is 31.0 Å². The van der Waals surface area contributed by atoms with Crippen molar-refractivity contribution in [1.29, 1.82) is 0 Å². The van der Waals surface area contributed by atoms with Crippen molar-refractivity contribution in [1.82, 2.24) is 20.2 Å². The number of carbonyl (C=O) groups is 1. The molecular weight excluding hydrogens is 456 g/mol. The van der Waals surface area contributed by atoms with Crippen LogP contribution in [-0.2, 0) is 4.79 Å². The quantitative estimate of drug-likeness (QED) is 0.220. The molecule has 0 bridgehead atoms.